The molecule has 5 heteroatoms. The highest BCUT2D eigenvalue weighted by atomic mass is 79.9. The topological polar surface area (TPSA) is 24.3 Å². The van der Waals surface area contributed by atoms with Crippen molar-refractivity contribution < 1.29 is 0 Å². The Labute approximate surface area is 134 Å². The molecular formula is C16H21BrN4. The van der Waals surface area contributed by atoms with Crippen LogP contribution in [0.3, 0.4) is 0 Å². The summed E-state index contributed by atoms with van der Waals surface area (Å²) in [7, 11) is 4.33. The van der Waals surface area contributed by atoms with E-state index in [9.17, 15) is 0 Å². The first kappa shape index (κ1) is 14.6. The second-order valence-corrected chi connectivity index (χ2v) is 6.74. The second kappa shape index (κ2) is 5.81. The van der Waals surface area contributed by atoms with E-state index in [2.05, 4.69) is 69.9 Å². The Morgan fingerprint density at radius 3 is 2.76 bits per heavy atom. The highest BCUT2D eigenvalue weighted by molar-refractivity contribution is 9.10. The van der Waals surface area contributed by atoms with Crippen molar-refractivity contribution >= 4 is 21.6 Å². The van der Waals surface area contributed by atoms with Crippen LogP contribution in [0.2, 0.25) is 0 Å². The molecule has 0 N–H and O–H groups in total. The fraction of sp³-hybridized carbons (Fsp3) is 0.438. The highest BCUT2D eigenvalue weighted by Crippen LogP contribution is 2.28. The molecule has 21 heavy (non-hydrogen) atoms. The molecule has 0 amide bonds. The Morgan fingerprint density at radius 1 is 1.33 bits per heavy atom. The molecule has 1 aromatic heterocycles. The Hall–Kier alpha value is -1.33. The van der Waals surface area contributed by atoms with Gasteiger partial charge >= 0.3 is 0 Å². The SMILES string of the molecule is Cc1ccc(-n2cnc(Br)c2)cc1N1CC[C@@H](N(C)C)C1. The van der Waals surface area contributed by atoms with Gasteiger partial charge in [-0.15, -0.1) is 0 Å². The summed E-state index contributed by atoms with van der Waals surface area (Å²) in [6.07, 6.45) is 5.06. The van der Waals surface area contributed by atoms with Crippen LogP contribution in [0.1, 0.15) is 12.0 Å². The number of rotatable bonds is 3. The van der Waals surface area contributed by atoms with Crippen LogP contribution in [0.25, 0.3) is 5.69 Å². The zero-order chi connectivity index (χ0) is 15.0. The first-order valence-corrected chi connectivity index (χ1v) is 8.06. The van der Waals surface area contributed by atoms with E-state index in [0.717, 1.165) is 23.4 Å². The van der Waals surface area contributed by atoms with Gasteiger partial charge in [-0.2, -0.15) is 0 Å². The molecule has 1 atom stereocenters. The summed E-state index contributed by atoms with van der Waals surface area (Å²) in [5, 5.41) is 0. The number of benzene rings is 1. The predicted octanol–water partition coefficient (Wildman–Crippen LogP) is 3.08. The number of likely N-dealkylation sites (N-methyl/N-ethyl adjacent to an activating group) is 1. The number of hydrogen-bond acceptors (Lipinski definition) is 3. The van der Waals surface area contributed by atoms with Crippen molar-refractivity contribution in [3.05, 3.63) is 40.9 Å². The standard InChI is InChI=1S/C16H21BrN4/c1-12-4-5-13(21-10-16(17)18-11-21)8-15(12)20-7-6-14(9-20)19(2)3/h4-5,8,10-11,14H,6-7,9H2,1-3H3/t14-/m1/s1. The molecule has 0 unspecified atom stereocenters. The van der Waals surface area contributed by atoms with Gasteiger partial charge in [0.15, 0.2) is 0 Å². The lowest BCUT2D eigenvalue weighted by atomic mass is 10.1. The summed E-state index contributed by atoms with van der Waals surface area (Å²) < 4.78 is 2.91. The van der Waals surface area contributed by atoms with Crippen molar-refractivity contribution in [1.29, 1.82) is 0 Å². The molecule has 0 aliphatic carbocycles. The molecule has 0 saturated carbocycles. The van der Waals surface area contributed by atoms with Crippen molar-refractivity contribution in [2.24, 2.45) is 0 Å². The summed E-state index contributed by atoms with van der Waals surface area (Å²) in [5.41, 5.74) is 3.82. The number of hydrogen-bond donors (Lipinski definition) is 0. The average Bonchev–Trinajstić information content (AvgIpc) is 3.08. The van der Waals surface area contributed by atoms with Crippen molar-refractivity contribution in [3.8, 4) is 5.69 Å². The number of aromatic nitrogens is 2. The second-order valence-electron chi connectivity index (χ2n) is 5.93. The van der Waals surface area contributed by atoms with Crippen LogP contribution in [0, 0.1) is 6.92 Å². The van der Waals surface area contributed by atoms with Crippen molar-refractivity contribution in [2.45, 2.75) is 19.4 Å². The minimum absolute atomic E-state index is 0.649. The monoisotopic (exact) mass is 348 g/mol. The molecule has 3 rings (SSSR count). The molecule has 0 bridgehead atoms. The molecule has 1 aromatic carbocycles. The van der Waals surface area contributed by atoms with E-state index < -0.39 is 0 Å². The smallest absolute Gasteiger partial charge is 0.124 e. The molecule has 4 nitrogen and oxygen atoms in total. The molecule has 2 aromatic rings. The largest absolute Gasteiger partial charge is 0.370 e. The molecule has 1 saturated heterocycles. The van der Waals surface area contributed by atoms with Crippen LogP contribution in [-0.2, 0) is 0 Å². The van der Waals surface area contributed by atoms with E-state index in [1.54, 1.807) is 0 Å². The van der Waals surface area contributed by atoms with Gasteiger partial charge in [0.1, 0.15) is 10.9 Å². The maximum atomic E-state index is 4.24. The number of anilines is 1. The molecule has 1 fully saturated rings. The average molecular weight is 349 g/mol. The van der Waals surface area contributed by atoms with Gasteiger partial charge < -0.3 is 14.4 Å². The number of imidazole rings is 1. The van der Waals surface area contributed by atoms with Crippen molar-refractivity contribution in [3.63, 3.8) is 0 Å². The lowest BCUT2D eigenvalue weighted by Gasteiger charge is -2.24. The Bertz CT molecular complexity index is 635. The zero-order valence-electron chi connectivity index (χ0n) is 12.8. The maximum Gasteiger partial charge on any atom is 0.124 e. The maximum absolute atomic E-state index is 4.24. The third kappa shape index (κ3) is 2.99. The third-order valence-electron chi connectivity index (χ3n) is 4.28. The first-order chi connectivity index (χ1) is 10.0. The van der Waals surface area contributed by atoms with Crippen molar-refractivity contribution in [1.82, 2.24) is 14.5 Å². The van der Waals surface area contributed by atoms with E-state index in [1.165, 1.54) is 17.7 Å². The van der Waals surface area contributed by atoms with E-state index in [0.29, 0.717) is 6.04 Å². The number of aryl methyl sites for hydroxylation is 1. The normalized spacial score (nSPS) is 18.7. The molecule has 2 heterocycles. The van der Waals surface area contributed by atoms with Crippen LogP contribution >= 0.6 is 15.9 Å². The Balaban J connectivity index is 1.89. The summed E-state index contributed by atoms with van der Waals surface area (Å²) in [4.78, 5) is 9.06. The van der Waals surface area contributed by atoms with Gasteiger partial charge in [-0.1, -0.05) is 6.07 Å². The zero-order valence-corrected chi connectivity index (χ0v) is 14.3. The van der Waals surface area contributed by atoms with Crippen molar-refractivity contribution in [2.75, 3.05) is 32.1 Å². The molecule has 112 valence electrons. The molecule has 0 radical (unpaired) electrons. The highest BCUT2D eigenvalue weighted by Gasteiger charge is 2.25. The van der Waals surface area contributed by atoms with Crippen LogP contribution < -0.4 is 4.90 Å². The lowest BCUT2D eigenvalue weighted by molar-refractivity contribution is 0.315. The number of nitrogens with zero attached hydrogens (tertiary/aromatic N) is 4. The molecular weight excluding hydrogens is 328 g/mol. The van der Waals surface area contributed by atoms with Gasteiger partial charge in [-0.05, 0) is 61.1 Å². The van der Waals surface area contributed by atoms with Crippen LogP contribution in [0.4, 0.5) is 5.69 Å². The van der Waals surface area contributed by atoms with E-state index in [-0.39, 0.29) is 0 Å². The summed E-state index contributed by atoms with van der Waals surface area (Å²) in [6.45, 7) is 4.41. The van der Waals surface area contributed by atoms with Gasteiger partial charge in [-0.3, -0.25) is 0 Å². The van der Waals surface area contributed by atoms with Gasteiger partial charge in [0.25, 0.3) is 0 Å². The van der Waals surface area contributed by atoms with Gasteiger partial charge in [0, 0.05) is 36.7 Å². The lowest BCUT2D eigenvalue weighted by Crippen LogP contribution is -2.31. The quantitative estimate of drug-likeness (QED) is 0.851. The summed E-state index contributed by atoms with van der Waals surface area (Å²) >= 11 is 3.40. The fourth-order valence-corrected chi connectivity index (χ4v) is 3.23. The molecule has 1 aliphatic heterocycles. The summed E-state index contributed by atoms with van der Waals surface area (Å²) in [6, 6.07) is 7.26. The minimum Gasteiger partial charge on any atom is -0.370 e. The molecule has 1 aliphatic rings. The van der Waals surface area contributed by atoms with E-state index in [4.69, 9.17) is 0 Å². The Kier molecular flexibility index (Phi) is 4.04. The summed E-state index contributed by atoms with van der Waals surface area (Å²) in [5.74, 6) is 0. The third-order valence-corrected chi connectivity index (χ3v) is 4.69. The van der Waals surface area contributed by atoms with E-state index >= 15 is 0 Å². The van der Waals surface area contributed by atoms with Gasteiger partial charge in [0.05, 0.1) is 0 Å². The van der Waals surface area contributed by atoms with Crippen LogP contribution in [0.5, 0.6) is 0 Å². The molecule has 0 spiro atoms. The van der Waals surface area contributed by atoms with E-state index in [1.807, 2.05) is 17.1 Å². The minimum atomic E-state index is 0.649. The first-order valence-electron chi connectivity index (χ1n) is 7.26. The Morgan fingerprint density at radius 2 is 2.14 bits per heavy atom. The predicted molar refractivity (Wildman–Crippen MR) is 90.3 cm³/mol. The van der Waals surface area contributed by atoms with Crippen LogP contribution in [0.15, 0.2) is 35.3 Å². The van der Waals surface area contributed by atoms with Gasteiger partial charge in [-0.25, -0.2) is 4.98 Å². The fourth-order valence-electron chi connectivity index (χ4n) is 2.92. The van der Waals surface area contributed by atoms with Crippen LogP contribution in [-0.4, -0.2) is 47.7 Å². The van der Waals surface area contributed by atoms with Gasteiger partial charge in [0.2, 0.25) is 0 Å². The number of halogens is 1.